The van der Waals surface area contributed by atoms with E-state index in [2.05, 4.69) is 42.0 Å². The minimum atomic E-state index is 0.808. The molecular weight excluding hydrogens is 250 g/mol. The van der Waals surface area contributed by atoms with E-state index in [0.717, 1.165) is 23.7 Å². The summed E-state index contributed by atoms with van der Waals surface area (Å²) in [7, 11) is 2.11. The van der Waals surface area contributed by atoms with E-state index in [0.29, 0.717) is 0 Å². The molecule has 2 bridgehead atoms. The lowest BCUT2D eigenvalue weighted by molar-refractivity contribution is 0.284. The first-order chi connectivity index (χ1) is 9.38. The maximum atomic E-state index is 3.44. The van der Waals surface area contributed by atoms with Crippen LogP contribution in [0.1, 0.15) is 30.7 Å². The Bertz CT molecular complexity index is 588. The zero-order valence-corrected chi connectivity index (χ0v) is 12.2. The number of thiophene rings is 1. The molecule has 1 aromatic heterocycles. The summed E-state index contributed by atoms with van der Waals surface area (Å²) >= 11 is 1.93. The van der Waals surface area contributed by atoms with Gasteiger partial charge in [-0.3, -0.25) is 0 Å². The van der Waals surface area contributed by atoms with Crippen LogP contribution in [0.5, 0.6) is 0 Å². The quantitative estimate of drug-likeness (QED) is 0.880. The van der Waals surface area contributed by atoms with Crippen molar-refractivity contribution >= 4 is 21.4 Å². The molecule has 4 rings (SSSR count). The third-order valence-corrected chi connectivity index (χ3v) is 6.38. The second-order valence-electron chi connectivity index (χ2n) is 6.27. The van der Waals surface area contributed by atoms with Crippen LogP contribution >= 0.6 is 11.3 Å². The lowest BCUT2D eigenvalue weighted by atomic mass is 9.75. The van der Waals surface area contributed by atoms with Gasteiger partial charge in [-0.15, -0.1) is 11.3 Å². The number of benzene rings is 1. The molecule has 0 spiro atoms. The molecule has 2 saturated carbocycles. The van der Waals surface area contributed by atoms with Crippen LogP contribution in [0.15, 0.2) is 29.6 Å². The number of rotatable bonds is 3. The first-order valence-electron chi connectivity index (χ1n) is 7.49. The summed E-state index contributed by atoms with van der Waals surface area (Å²) in [5.74, 6) is 3.59. The third kappa shape index (κ3) is 1.77. The van der Waals surface area contributed by atoms with Crippen LogP contribution in [-0.4, -0.2) is 13.6 Å². The Morgan fingerprint density at radius 1 is 1.21 bits per heavy atom. The summed E-state index contributed by atoms with van der Waals surface area (Å²) in [5.41, 5.74) is 1.65. The lowest BCUT2D eigenvalue weighted by Gasteiger charge is -2.31. The Labute approximate surface area is 119 Å². The highest BCUT2D eigenvalue weighted by Gasteiger charge is 2.48. The molecule has 19 heavy (non-hydrogen) atoms. The van der Waals surface area contributed by atoms with Gasteiger partial charge in [0, 0.05) is 4.70 Å². The van der Waals surface area contributed by atoms with Crippen LogP contribution < -0.4 is 5.32 Å². The zero-order chi connectivity index (χ0) is 12.8. The predicted octanol–water partition coefficient (Wildman–Crippen LogP) is 4.25. The Balaban J connectivity index is 1.78. The SMILES string of the molecule is CNC[C@H]1[C@H]2CC[C@H](C2)[C@@H]1c1csc2ccccc12. The zero-order valence-electron chi connectivity index (χ0n) is 11.4. The van der Waals surface area contributed by atoms with E-state index >= 15 is 0 Å². The summed E-state index contributed by atoms with van der Waals surface area (Å²) < 4.78 is 1.46. The number of hydrogen-bond acceptors (Lipinski definition) is 2. The van der Waals surface area contributed by atoms with Crippen molar-refractivity contribution in [1.82, 2.24) is 5.32 Å². The molecule has 0 saturated heterocycles. The number of hydrogen-bond donors (Lipinski definition) is 1. The molecule has 2 heteroatoms. The summed E-state index contributed by atoms with van der Waals surface area (Å²) in [6.07, 6.45) is 4.40. The van der Waals surface area contributed by atoms with E-state index in [1.807, 2.05) is 11.3 Å². The van der Waals surface area contributed by atoms with Gasteiger partial charge in [0.1, 0.15) is 0 Å². The minimum absolute atomic E-state index is 0.808. The predicted molar refractivity (Wildman–Crippen MR) is 82.8 cm³/mol. The van der Waals surface area contributed by atoms with E-state index in [1.54, 1.807) is 5.56 Å². The molecule has 0 radical (unpaired) electrons. The Morgan fingerprint density at radius 3 is 2.95 bits per heavy atom. The Morgan fingerprint density at radius 2 is 2.05 bits per heavy atom. The van der Waals surface area contributed by atoms with Crippen molar-refractivity contribution < 1.29 is 0 Å². The van der Waals surface area contributed by atoms with Gasteiger partial charge in [-0.05, 0) is 78.9 Å². The molecule has 2 fully saturated rings. The molecule has 2 aliphatic rings. The smallest absolute Gasteiger partial charge is 0.0345 e. The van der Waals surface area contributed by atoms with Gasteiger partial charge >= 0.3 is 0 Å². The van der Waals surface area contributed by atoms with E-state index < -0.39 is 0 Å². The van der Waals surface area contributed by atoms with Crippen LogP contribution in [0.3, 0.4) is 0 Å². The lowest BCUT2D eigenvalue weighted by Crippen LogP contribution is -2.29. The Kier molecular flexibility index (Phi) is 2.89. The average molecular weight is 271 g/mol. The van der Waals surface area contributed by atoms with Gasteiger partial charge in [-0.1, -0.05) is 18.2 Å². The van der Waals surface area contributed by atoms with Crippen molar-refractivity contribution in [3.63, 3.8) is 0 Å². The molecule has 100 valence electrons. The molecule has 0 unspecified atom stereocenters. The average Bonchev–Trinajstić information content (AvgIpc) is 3.12. The summed E-state index contributed by atoms with van der Waals surface area (Å²) in [4.78, 5) is 0. The summed E-state index contributed by atoms with van der Waals surface area (Å²) in [6.45, 7) is 1.19. The van der Waals surface area contributed by atoms with Gasteiger partial charge < -0.3 is 5.32 Å². The van der Waals surface area contributed by atoms with Gasteiger partial charge in [0.25, 0.3) is 0 Å². The van der Waals surface area contributed by atoms with Crippen molar-refractivity contribution in [2.45, 2.75) is 25.2 Å². The van der Waals surface area contributed by atoms with E-state index in [-0.39, 0.29) is 0 Å². The highest BCUT2D eigenvalue weighted by Crippen LogP contribution is 2.57. The molecule has 1 nitrogen and oxygen atoms in total. The number of fused-ring (bicyclic) bond motifs is 3. The maximum Gasteiger partial charge on any atom is 0.0345 e. The van der Waals surface area contributed by atoms with Crippen LogP contribution in [0, 0.1) is 17.8 Å². The Hall–Kier alpha value is -0.860. The highest BCUT2D eigenvalue weighted by molar-refractivity contribution is 7.17. The molecule has 2 aliphatic carbocycles. The van der Waals surface area contributed by atoms with Crippen LogP contribution in [-0.2, 0) is 0 Å². The molecule has 2 aromatic rings. The molecule has 1 heterocycles. The van der Waals surface area contributed by atoms with Crippen molar-refractivity contribution in [2.75, 3.05) is 13.6 Å². The normalized spacial score (nSPS) is 33.3. The second-order valence-corrected chi connectivity index (χ2v) is 7.18. The van der Waals surface area contributed by atoms with Gasteiger partial charge in [0.15, 0.2) is 0 Å². The fraction of sp³-hybridized carbons (Fsp3) is 0.529. The molecule has 4 atom stereocenters. The summed E-state index contributed by atoms with van der Waals surface area (Å²) in [5, 5.41) is 7.40. The highest BCUT2D eigenvalue weighted by atomic mass is 32.1. The maximum absolute atomic E-state index is 3.44. The van der Waals surface area contributed by atoms with E-state index in [1.165, 1.54) is 35.9 Å². The molecule has 0 amide bonds. The van der Waals surface area contributed by atoms with Crippen LogP contribution in [0.2, 0.25) is 0 Å². The van der Waals surface area contributed by atoms with Gasteiger partial charge in [0.05, 0.1) is 0 Å². The third-order valence-electron chi connectivity index (χ3n) is 5.40. The van der Waals surface area contributed by atoms with Crippen molar-refractivity contribution in [2.24, 2.45) is 17.8 Å². The fourth-order valence-corrected chi connectivity index (χ4v) is 5.69. The topological polar surface area (TPSA) is 12.0 Å². The fourth-order valence-electron chi connectivity index (χ4n) is 4.68. The van der Waals surface area contributed by atoms with Crippen molar-refractivity contribution in [3.8, 4) is 0 Å². The molecule has 0 aliphatic heterocycles. The first-order valence-corrected chi connectivity index (χ1v) is 8.37. The van der Waals surface area contributed by atoms with E-state index in [4.69, 9.17) is 0 Å². The number of nitrogens with one attached hydrogen (secondary N) is 1. The minimum Gasteiger partial charge on any atom is -0.319 e. The molecular formula is C17H21NS. The van der Waals surface area contributed by atoms with Crippen molar-refractivity contribution in [1.29, 1.82) is 0 Å². The van der Waals surface area contributed by atoms with Gasteiger partial charge in [-0.25, -0.2) is 0 Å². The molecule has 1 aromatic carbocycles. The largest absolute Gasteiger partial charge is 0.319 e. The van der Waals surface area contributed by atoms with Gasteiger partial charge in [0.2, 0.25) is 0 Å². The van der Waals surface area contributed by atoms with E-state index in [9.17, 15) is 0 Å². The summed E-state index contributed by atoms with van der Waals surface area (Å²) in [6, 6.07) is 8.95. The van der Waals surface area contributed by atoms with Crippen LogP contribution in [0.25, 0.3) is 10.1 Å². The van der Waals surface area contributed by atoms with Gasteiger partial charge in [-0.2, -0.15) is 0 Å². The first kappa shape index (κ1) is 11.9. The second kappa shape index (κ2) is 4.60. The van der Waals surface area contributed by atoms with Crippen LogP contribution in [0.4, 0.5) is 0 Å². The standard InChI is InChI=1S/C17H21NS/c1-18-9-14-11-6-7-12(8-11)17(14)15-10-19-16-5-3-2-4-13(15)16/h2-5,10-12,14,17-18H,6-9H2,1H3/t11-,12+,14-,17-/m0/s1. The van der Waals surface area contributed by atoms with Crippen molar-refractivity contribution in [3.05, 3.63) is 35.2 Å². The molecule has 1 N–H and O–H groups in total. The monoisotopic (exact) mass is 271 g/mol.